The van der Waals surface area contributed by atoms with E-state index in [0.717, 1.165) is 25.7 Å². The lowest BCUT2D eigenvalue weighted by Gasteiger charge is -2.38. The third-order valence-corrected chi connectivity index (χ3v) is 4.41. The molecule has 2 rings (SSSR count). The van der Waals surface area contributed by atoms with Gasteiger partial charge in [0.05, 0.1) is 25.9 Å². The van der Waals surface area contributed by atoms with Crippen LogP contribution in [0.3, 0.4) is 0 Å². The van der Waals surface area contributed by atoms with E-state index in [1.165, 1.54) is 4.90 Å². The second-order valence-electron chi connectivity index (χ2n) is 5.84. The van der Waals surface area contributed by atoms with Crippen molar-refractivity contribution in [3.8, 4) is 0 Å². The van der Waals surface area contributed by atoms with Crippen LogP contribution in [0, 0.1) is 0 Å². The van der Waals surface area contributed by atoms with Gasteiger partial charge in [0.15, 0.2) is 0 Å². The zero-order valence-electron chi connectivity index (χ0n) is 12.2. The van der Waals surface area contributed by atoms with E-state index in [1.807, 2.05) is 0 Å². The Labute approximate surface area is 124 Å². The van der Waals surface area contributed by atoms with Crippen molar-refractivity contribution in [2.45, 2.75) is 50.1 Å². The first kappa shape index (κ1) is 16.0. The number of ether oxygens (including phenoxy) is 1. The summed E-state index contributed by atoms with van der Waals surface area (Å²) in [4.78, 5) is 25.6. The van der Waals surface area contributed by atoms with Crippen LogP contribution in [-0.4, -0.2) is 65.1 Å². The summed E-state index contributed by atoms with van der Waals surface area (Å²) in [6.07, 6.45) is 4.53. The molecule has 1 aliphatic carbocycles. The molecule has 1 aliphatic heterocycles. The van der Waals surface area contributed by atoms with Crippen molar-refractivity contribution < 1.29 is 24.5 Å². The number of nitrogens with zero attached hydrogens (tertiary/aromatic N) is 1. The van der Waals surface area contributed by atoms with E-state index in [0.29, 0.717) is 26.0 Å². The van der Waals surface area contributed by atoms with Gasteiger partial charge in [-0.1, -0.05) is 25.7 Å². The Morgan fingerprint density at radius 3 is 2.48 bits per heavy atom. The van der Waals surface area contributed by atoms with E-state index >= 15 is 0 Å². The number of carbonyl (C=O) groups excluding carboxylic acids is 1. The normalized spacial score (nSPS) is 26.0. The lowest BCUT2D eigenvalue weighted by Crippen LogP contribution is -2.61. The molecule has 0 aromatic heterocycles. The average molecular weight is 300 g/mol. The molecular formula is C14H24N2O5. The number of rotatable bonds is 3. The molecule has 1 saturated heterocycles. The number of aliphatic carboxylic acids is 1. The Bertz CT molecular complexity index is 380. The number of amides is 2. The summed E-state index contributed by atoms with van der Waals surface area (Å²) in [5.41, 5.74) is -1.17. The maximum Gasteiger partial charge on any atom is 0.329 e. The van der Waals surface area contributed by atoms with Crippen molar-refractivity contribution in [2.24, 2.45) is 0 Å². The number of carboxylic acid groups (broad SMARTS) is 1. The highest BCUT2D eigenvalue weighted by Crippen LogP contribution is 2.28. The summed E-state index contributed by atoms with van der Waals surface area (Å²) in [6, 6.07) is -0.822. The topological polar surface area (TPSA) is 99.1 Å². The predicted octanol–water partition coefficient (Wildman–Crippen LogP) is 0.567. The molecule has 0 spiro atoms. The number of carboxylic acids is 1. The second kappa shape index (κ2) is 7.09. The van der Waals surface area contributed by atoms with Gasteiger partial charge in [0.25, 0.3) is 0 Å². The molecule has 1 saturated carbocycles. The monoisotopic (exact) mass is 300 g/mol. The second-order valence-corrected chi connectivity index (χ2v) is 5.84. The van der Waals surface area contributed by atoms with Crippen LogP contribution >= 0.6 is 0 Å². The number of nitrogens with one attached hydrogen (secondary N) is 1. The smallest absolute Gasteiger partial charge is 0.329 e. The van der Waals surface area contributed by atoms with Crippen molar-refractivity contribution in [1.82, 2.24) is 10.2 Å². The maximum atomic E-state index is 12.4. The van der Waals surface area contributed by atoms with Gasteiger partial charge in [0.1, 0.15) is 5.54 Å². The van der Waals surface area contributed by atoms with E-state index in [1.54, 1.807) is 0 Å². The number of aliphatic hydroxyl groups excluding tert-OH is 1. The van der Waals surface area contributed by atoms with E-state index in [-0.39, 0.29) is 13.2 Å². The van der Waals surface area contributed by atoms with Gasteiger partial charge in [-0.05, 0) is 12.8 Å². The predicted molar refractivity (Wildman–Crippen MR) is 75.0 cm³/mol. The fraction of sp³-hybridized carbons (Fsp3) is 0.857. The summed E-state index contributed by atoms with van der Waals surface area (Å²) in [5, 5.41) is 21.6. The molecule has 2 amide bonds. The molecule has 2 aliphatic rings. The first-order chi connectivity index (χ1) is 10.1. The highest BCUT2D eigenvalue weighted by Gasteiger charge is 2.42. The summed E-state index contributed by atoms with van der Waals surface area (Å²) < 4.78 is 5.24. The van der Waals surface area contributed by atoms with Crippen LogP contribution in [0.1, 0.15) is 38.5 Å². The number of hydrogen-bond acceptors (Lipinski definition) is 4. The standard InChI is InChI=1S/C14H24N2O5/c17-9-11-10-21-8-7-16(11)13(20)15-14(12(18)19)5-3-1-2-4-6-14/h11,17H,1-10H2,(H,15,20)(H,18,19). The Hall–Kier alpha value is -1.34. The highest BCUT2D eigenvalue weighted by molar-refractivity contribution is 5.86. The highest BCUT2D eigenvalue weighted by atomic mass is 16.5. The van der Waals surface area contributed by atoms with Crippen molar-refractivity contribution in [2.75, 3.05) is 26.4 Å². The van der Waals surface area contributed by atoms with Gasteiger partial charge in [-0.25, -0.2) is 9.59 Å². The molecule has 0 aromatic carbocycles. The third-order valence-electron chi connectivity index (χ3n) is 4.41. The van der Waals surface area contributed by atoms with Gasteiger partial charge in [0, 0.05) is 6.54 Å². The fourth-order valence-corrected chi connectivity index (χ4v) is 3.07. The minimum atomic E-state index is -1.17. The Kier molecular flexibility index (Phi) is 5.41. The summed E-state index contributed by atoms with van der Waals surface area (Å²) >= 11 is 0. The number of morpholine rings is 1. The van der Waals surface area contributed by atoms with Crippen LogP contribution in [0.2, 0.25) is 0 Å². The molecule has 1 heterocycles. The van der Waals surface area contributed by atoms with Gasteiger partial charge in [-0.3, -0.25) is 0 Å². The van der Waals surface area contributed by atoms with E-state index in [2.05, 4.69) is 5.32 Å². The average Bonchev–Trinajstić information content (AvgIpc) is 2.73. The van der Waals surface area contributed by atoms with Gasteiger partial charge >= 0.3 is 12.0 Å². The van der Waals surface area contributed by atoms with Crippen LogP contribution in [-0.2, 0) is 9.53 Å². The van der Waals surface area contributed by atoms with Crippen LogP contribution in [0.4, 0.5) is 4.79 Å². The minimum Gasteiger partial charge on any atom is -0.480 e. The van der Waals surface area contributed by atoms with E-state index in [9.17, 15) is 19.8 Å². The minimum absolute atomic E-state index is 0.187. The number of carbonyl (C=O) groups is 2. The summed E-state index contributed by atoms with van der Waals surface area (Å²) in [5.74, 6) is -0.966. The fourth-order valence-electron chi connectivity index (χ4n) is 3.07. The zero-order valence-corrected chi connectivity index (χ0v) is 12.2. The maximum absolute atomic E-state index is 12.4. The van der Waals surface area contributed by atoms with Crippen LogP contribution in [0.25, 0.3) is 0 Å². The molecule has 120 valence electrons. The van der Waals surface area contributed by atoms with Crippen LogP contribution in [0.5, 0.6) is 0 Å². The first-order valence-corrected chi connectivity index (χ1v) is 7.60. The molecular weight excluding hydrogens is 276 g/mol. The Morgan fingerprint density at radius 1 is 1.24 bits per heavy atom. The van der Waals surface area contributed by atoms with E-state index < -0.39 is 23.6 Å². The third kappa shape index (κ3) is 3.65. The van der Waals surface area contributed by atoms with Gasteiger partial charge in [0.2, 0.25) is 0 Å². The Balaban J connectivity index is 2.08. The molecule has 7 heteroatoms. The lowest BCUT2D eigenvalue weighted by atomic mass is 9.90. The SMILES string of the molecule is O=C(NC1(C(=O)O)CCCCCC1)N1CCOCC1CO. The molecule has 0 radical (unpaired) electrons. The number of aliphatic hydroxyl groups is 1. The Morgan fingerprint density at radius 2 is 1.90 bits per heavy atom. The van der Waals surface area contributed by atoms with Crippen molar-refractivity contribution >= 4 is 12.0 Å². The van der Waals surface area contributed by atoms with Gasteiger partial charge < -0.3 is 25.2 Å². The first-order valence-electron chi connectivity index (χ1n) is 7.60. The molecule has 3 N–H and O–H groups in total. The van der Waals surface area contributed by atoms with Crippen molar-refractivity contribution in [1.29, 1.82) is 0 Å². The number of urea groups is 1. The molecule has 1 unspecified atom stereocenters. The largest absolute Gasteiger partial charge is 0.480 e. The van der Waals surface area contributed by atoms with Gasteiger partial charge in [-0.2, -0.15) is 0 Å². The lowest BCUT2D eigenvalue weighted by molar-refractivity contribution is -0.145. The van der Waals surface area contributed by atoms with Crippen molar-refractivity contribution in [3.05, 3.63) is 0 Å². The molecule has 2 fully saturated rings. The molecule has 7 nitrogen and oxygen atoms in total. The van der Waals surface area contributed by atoms with Crippen LogP contribution in [0.15, 0.2) is 0 Å². The van der Waals surface area contributed by atoms with E-state index in [4.69, 9.17) is 4.74 Å². The molecule has 1 atom stereocenters. The van der Waals surface area contributed by atoms with Crippen molar-refractivity contribution in [3.63, 3.8) is 0 Å². The number of hydrogen-bond donors (Lipinski definition) is 3. The molecule has 0 aromatic rings. The van der Waals surface area contributed by atoms with Crippen LogP contribution < -0.4 is 5.32 Å². The molecule has 0 bridgehead atoms. The summed E-state index contributed by atoms with van der Waals surface area (Å²) in [7, 11) is 0. The quantitative estimate of drug-likeness (QED) is 0.662. The van der Waals surface area contributed by atoms with Gasteiger partial charge in [-0.15, -0.1) is 0 Å². The zero-order chi connectivity index (χ0) is 15.3. The molecule has 21 heavy (non-hydrogen) atoms. The summed E-state index contributed by atoms with van der Waals surface area (Å²) in [6.45, 7) is 0.869.